The van der Waals surface area contributed by atoms with E-state index in [0.29, 0.717) is 11.1 Å². The summed E-state index contributed by atoms with van der Waals surface area (Å²) < 4.78 is 23.6. The van der Waals surface area contributed by atoms with Gasteiger partial charge in [0.15, 0.2) is 18.5 Å². The van der Waals surface area contributed by atoms with Crippen molar-refractivity contribution >= 4 is 34.4 Å². The monoisotopic (exact) mass is 574 g/mol. The summed E-state index contributed by atoms with van der Waals surface area (Å²) in [5.74, 6) is -2.32. The second kappa shape index (κ2) is 11.8. The molecule has 212 valence electrons. The van der Waals surface area contributed by atoms with Crippen LogP contribution in [0, 0.1) is 0 Å². The number of amides is 2. The van der Waals surface area contributed by atoms with Crippen LogP contribution in [0.15, 0.2) is 91.0 Å². The molecule has 2 saturated heterocycles. The number of hydrogen-bond acceptors (Lipinski definition) is 7. The van der Waals surface area contributed by atoms with Crippen LogP contribution in [0.3, 0.4) is 0 Å². The summed E-state index contributed by atoms with van der Waals surface area (Å²) in [6.45, 7) is 2.87. The molecule has 1 N–H and O–H groups in total. The number of nitrogens with one attached hydrogen (secondary N) is 1. The largest absolute Gasteiger partial charge is 0.456 e. The average molecular weight is 575 g/mol. The lowest BCUT2D eigenvalue weighted by Gasteiger charge is -2.43. The Morgan fingerprint density at radius 3 is 2.15 bits per heavy atom. The minimum atomic E-state index is -1.72. The third-order valence-corrected chi connectivity index (χ3v) is 9.51. The van der Waals surface area contributed by atoms with Gasteiger partial charge >= 0.3 is 5.97 Å². The van der Waals surface area contributed by atoms with Crippen LogP contribution in [-0.2, 0) is 41.3 Å². The van der Waals surface area contributed by atoms with Crippen LogP contribution in [0.2, 0.25) is 0 Å². The molecule has 41 heavy (non-hydrogen) atoms. The molecule has 0 spiro atoms. The fourth-order valence-electron chi connectivity index (χ4n) is 5.13. The van der Waals surface area contributed by atoms with Crippen molar-refractivity contribution in [1.82, 2.24) is 10.2 Å². The summed E-state index contributed by atoms with van der Waals surface area (Å²) in [7, 11) is -1.72. The number of benzene rings is 3. The standard InChI is InChI=1S/C31H30N2O7S/c1-31(2)26(30(37)40-19-23(34)21-14-8-4-9-15-21)33-28(36)24(29(33)41(31)38)32-27(35)25(22-16-10-5-11-17-22)39-18-20-12-6-3-7-13-20/h3-17,24-26,29H,18-19H2,1-2H3,(H,32,35)/t24-,25?,26+,29-,41?/m1/s1. The highest BCUT2D eigenvalue weighted by molar-refractivity contribution is 7.87. The van der Waals surface area contributed by atoms with Crippen molar-refractivity contribution in [1.29, 1.82) is 0 Å². The van der Waals surface area contributed by atoms with Gasteiger partial charge in [-0.2, -0.15) is 0 Å². The van der Waals surface area contributed by atoms with E-state index < -0.39 is 69.3 Å². The number of Topliss-reactive ketones (excluding diaryl/α,β-unsaturated/α-hetero) is 1. The molecule has 5 rings (SSSR count). The molecule has 2 fully saturated rings. The zero-order chi connectivity index (χ0) is 29.1. The highest BCUT2D eigenvalue weighted by Gasteiger charge is 2.68. The minimum absolute atomic E-state index is 0.163. The van der Waals surface area contributed by atoms with Gasteiger partial charge in [-0.15, -0.1) is 0 Å². The summed E-state index contributed by atoms with van der Waals surface area (Å²) in [5.41, 5.74) is 1.86. The van der Waals surface area contributed by atoms with Gasteiger partial charge in [-0.1, -0.05) is 91.0 Å². The fraction of sp³-hybridized carbons (Fsp3) is 0.290. The number of carbonyl (C=O) groups is 4. The van der Waals surface area contributed by atoms with E-state index in [1.54, 1.807) is 68.4 Å². The second-order valence-corrected chi connectivity index (χ2v) is 12.5. The molecule has 2 unspecified atom stereocenters. The zero-order valence-electron chi connectivity index (χ0n) is 22.6. The Bertz CT molecular complexity index is 1460. The van der Waals surface area contributed by atoms with Crippen LogP contribution < -0.4 is 5.32 Å². The van der Waals surface area contributed by atoms with E-state index in [-0.39, 0.29) is 6.61 Å². The first-order chi connectivity index (χ1) is 19.7. The van der Waals surface area contributed by atoms with Crippen LogP contribution in [0.25, 0.3) is 0 Å². The number of fused-ring (bicyclic) bond motifs is 1. The predicted octanol–water partition coefficient (Wildman–Crippen LogP) is 2.93. The summed E-state index contributed by atoms with van der Waals surface area (Å²) in [4.78, 5) is 53.5. The summed E-state index contributed by atoms with van der Waals surface area (Å²) in [5, 5.41) is 1.80. The molecule has 2 aliphatic heterocycles. The number of esters is 1. The van der Waals surface area contributed by atoms with Crippen LogP contribution in [0.5, 0.6) is 0 Å². The molecule has 0 saturated carbocycles. The lowest BCUT2D eigenvalue weighted by atomic mass is 9.95. The lowest BCUT2D eigenvalue weighted by molar-refractivity contribution is -0.164. The summed E-state index contributed by atoms with van der Waals surface area (Å²) in [6.07, 6.45) is -1.02. The molecule has 2 aliphatic rings. The first-order valence-electron chi connectivity index (χ1n) is 13.2. The smallest absolute Gasteiger partial charge is 0.330 e. The first kappa shape index (κ1) is 28.4. The van der Waals surface area contributed by atoms with Gasteiger partial charge in [-0.05, 0) is 25.0 Å². The third kappa shape index (κ3) is 5.57. The Morgan fingerprint density at radius 2 is 1.51 bits per heavy atom. The fourth-order valence-corrected chi connectivity index (χ4v) is 7.05. The molecule has 2 amide bonds. The Balaban J connectivity index is 1.28. The lowest BCUT2D eigenvalue weighted by Crippen LogP contribution is -2.72. The Hall–Kier alpha value is -4.15. The quantitative estimate of drug-likeness (QED) is 0.225. The van der Waals surface area contributed by atoms with E-state index >= 15 is 0 Å². The van der Waals surface area contributed by atoms with E-state index in [4.69, 9.17) is 9.47 Å². The molecule has 3 aromatic rings. The molecule has 0 bridgehead atoms. The number of hydrogen-bond donors (Lipinski definition) is 1. The maximum absolute atomic E-state index is 13.5. The molecule has 0 aromatic heterocycles. The van der Waals surface area contributed by atoms with E-state index in [0.717, 1.165) is 5.56 Å². The highest BCUT2D eigenvalue weighted by Crippen LogP contribution is 2.44. The number of nitrogens with zero attached hydrogens (tertiary/aromatic N) is 1. The van der Waals surface area contributed by atoms with Crippen molar-refractivity contribution in [3.05, 3.63) is 108 Å². The van der Waals surface area contributed by atoms with E-state index in [2.05, 4.69) is 5.32 Å². The van der Waals surface area contributed by atoms with Gasteiger partial charge in [0, 0.05) is 5.56 Å². The first-order valence-corrected chi connectivity index (χ1v) is 14.4. The molecule has 2 heterocycles. The topological polar surface area (TPSA) is 119 Å². The zero-order valence-corrected chi connectivity index (χ0v) is 23.4. The van der Waals surface area contributed by atoms with Crippen molar-refractivity contribution in [2.45, 2.75) is 48.8 Å². The van der Waals surface area contributed by atoms with Crippen LogP contribution >= 0.6 is 0 Å². The number of carbonyl (C=O) groups excluding carboxylic acids is 4. The number of ether oxygens (including phenoxy) is 2. The van der Waals surface area contributed by atoms with Gasteiger partial charge in [-0.3, -0.25) is 18.6 Å². The maximum atomic E-state index is 13.5. The van der Waals surface area contributed by atoms with Gasteiger partial charge in [-0.25, -0.2) is 4.79 Å². The third-order valence-electron chi connectivity index (χ3n) is 7.32. The Kier molecular flexibility index (Phi) is 8.14. The van der Waals surface area contributed by atoms with Crippen LogP contribution in [-0.4, -0.2) is 61.5 Å². The molecule has 3 aromatic carbocycles. The normalized spacial score (nSPS) is 23.2. The van der Waals surface area contributed by atoms with Crippen molar-refractivity contribution in [2.24, 2.45) is 0 Å². The van der Waals surface area contributed by atoms with E-state index in [1.807, 2.05) is 36.4 Å². The SMILES string of the molecule is CC1(C)[C@H](C(=O)OCC(=O)c2ccccc2)N2C(=O)[C@@H](NC(=O)C(OCc3ccccc3)c3ccccc3)[C@H]2S1=O. The molecule has 0 radical (unpaired) electrons. The summed E-state index contributed by atoms with van der Waals surface area (Å²) in [6, 6.07) is 24.4. The van der Waals surface area contributed by atoms with Crippen LogP contribution in [0.1, 0.15) is 41.4 Å². The Morgan fingerprint density at radius 1 is 0.927 bits per heavy atom. The van der Waals surface area contributed by atoms with Gasteiger partial charge in [0.25, 0.3) is 5.91 Å². The van der Waals surface area contributed by atoms with Gasteiger partial charge in [0.1, 0.15) is 17.5 Å². The van der Waals surface area contributed by atoms with Gasteiger partial charge in [0.05, 0.1) is 22.2 Å². The molecule has 9 nitrogen and oxygen atoms in total. The van der Waals surface area contributed by atoms with E-state index in [9.17, 15) is 23.4 Å². The van der Waals surface area contributed by atoms with Crippen molar-refractivity contribution in [3.63, 3.8) is 0 Å². The maximum Gasteiger partial charge on any atom is 0.330 e. The average Bonchev–Trinajstić information content (AvgIpc) is 3.18. The van der Waals surface area contributed by atoms with Gasteiger partial charge in [0.2, 0.25) is 5.91 Å². The molecule has 10 heteroatoms. The minimum Gasteiger partial charge on any atom is -0.456 e. The highest BCUT2D eigenvalue weighted by atomic mass is 32.2. The number of β-lactam (4-membered cyclic amide) rings is 1. The Labute approximate surface area is 240 Å². The second-order valence-electron chi connectivity index (χ2n) is 10.4. The predicted molar refractivity (Wildman–Crippen MR) is 151 cm³/mol. The molecule has 0 aliphatic carbocycles. The molecular formula is C31H30N2O7S. The van der Waals surface area contributed by atoms with Crippen molar-refractivity contribution in [2.75, 3.05) is 6.61 Å². The molecule has 5 atom stereocenters. The van der Waals surface area contributed by atoms with Crippen molar-refractivity contribution in [3.8, 4) is 0 Å². The van der Waals surface area contributed by atoms with Crippen LogP contribution in [0.4, 0.5) is 0 Å². The van der Waals surface area contributed by atoms with Crippen molar-refractivity contribution < 1.29 is 32.9 Å². The number of ketones is 1. The molecular weight excluding hydrogens is 544 g/mol. The summed E-state index contributed by atoms with van der Waals surface area (Å²) >= 11 is 0. The van der Waals surface area contributed by atoms with E-state index in [1.165, 1.54) is 4.90 Å². The van der Waals surface area contributed by atoms with Gasteiger partial charge < -0.3 is 19.7 Å². The number of rotatable bonds is 10.